The van der Waals surface area contributed by atoms with Crippen molar-refractivity contribution in [3.63, 3.8) is 0 Å². The van der Waals surface area contributed by atoms with Gasteiger partial charge in [-0.2, -0.15) is 14.3 Å². The molecule has 1 aromatic carbocycles. The Kier molecular flexibility index (Phi) is 4.65. The molecular weight excluding hydrogens is 394 g/mol. The number of ether oxygens (including phenoxy) is 1. The van der Waals surface area contributed by atoms with Crippen molar-refractivity contribution in [1.29, 1.82) is 0 Å². The van der Waals surface area contributed by atoms with E-state index in [1.165, 1.54) is 0 Å². The molecule has 1 aliphatic heterocycles. The Labute approximate surface area is 179 Å². The van der Waals surface area contributed by atoms with Crippen LogP contribution in [0.4, 0.5) is 5.82 Å². The molecule has 1 aliphatic rings. The standard InChI is InChI=1S/C22H23N7O2/c1-4-11-31-16-7-5-15(6-8-16)17-12-20(30)23-22-21(17)13(2)26-29(22)19-10-9-18-25-24-14(3)28(18)27-19/h5-10,17H,4,11-12H2,1-3H3,(H,23,30)/t17-/m0/s1. The van der Waals surface area contributed by atoms with Crippen molar-refractivity contribution < 1.29 is 9.53 Å². The van der Waals surface area contributed by atoms with Gasteiger partial charge in [-0.05, 0) is 50.1 Å². The summed E-state index contributed by atoms with van der Waals surface area (Å²) in [5.41, 5.74) is 3.57. The summed E-state index contributed by atoms with van der Waals surface area (Å²) in [5, 5.41) is 20.5. The van der Waals surface area contributed by atoms with Crippen molar-refractivity contribution in [2.24, 2.45) is 0 Å². The molecule has 9 nitrogen and oxygen atoms in total. The molecule has 4 heterocycles. The van der Waals surface area contributed by atoms with Crippen LogP contribution in [-0.2, 0) is 4.79 Å². The minimum absolute atomic E-state index is 0.0495. The second kappa shape index (κ2) is 7.50. The molecule has 4 aromatic rings. The van der Waals surface area contributed by atoms with Gasteiger partial charge in [0.2, 0.25) is 5.91 Å². The average Bonchev–Trinajstić information content (AvgIpc) is 3.31. The Morgan fingerprint density at radius 3 is 2.68 bits per heavy atom. The molecule has 0 aliphatic carbocycles. The SMILES string of the molecule is CCCOc1ccc([C@@H]2CC(=O)Nc3c2c(C)nn3-c2ccc3nnc(C)n3n2)cc1. The first-order chi connectivity index (χ1) is 15.0. The van der Waals surface area contributed by atoms with Crippen LogP contribution in [0.2, 0.25) is 0 Å². The normalized spacial score (nSPS) is 15.7. The van der Waals surface area contributed by atoms with Crippen molar-refractivity contribution in [2.75, 3.05) is 11.9 Å². The highest BCUT2D eigenvalue weighted by Crippen LogP contribution is 2.40. The Bertz CT molecular complexity index is 1270. The van der Waals surface area contributed by atoms with Gasteiger partial charge >= 0.3 is 0 Å². The van der Waals surface area contributed by atoms with Gasteiger partial charge in [-0.1, -0.05) is 19.1 Å². The molecule has 1 atom stereocenters. The van der Waals surface area contributed by atoms with Gasteiger partial charge in [0.05, 0.1) is 12.3 Å². The highest BCUT2D eigenvalue weighted by atomic mass is 16.5. The number of hydrogen-bond donors (Lipinski definition) is 1. The number of hydrogen-bond acceptors (Lipinski definition) is 6. The van der Waals surface area contributed by atoms with Crippen molar-refractivity contribution in [2.45, 2.75) is 39.5 Å². The fourth-order valence-corrected chi connectivity index (χ4v) is 4.01. The number of nitrogens with zero attached hydrogens (tertiary/aromatic N) is 6. The molecule has 1 N–H and O–H groups in total. The van der Waals surface area contributed by atoms with Gasteiger partial charge in [0, 0.05) is 17.9 Å². The van der Waals surface area contributed by atoms with E-state index < -0.39 is 0 Å². The van der Waals surface area contributed by atoms with Crippen LogP contribution < -0.4 is 10.1 Å². The first kappa shape index (κ1) is 19.2. The molecular formula is C22H23N7O2. The van der Waals surface area contributed by atoms with Crippen LogP contribution in [0.3, 0.4) is 0 Å². The zero-order valence-electron chi connectivity index (χ0n) is 17.7. The summed E-state index contributed by atoms with van der Waals surface area (Å²) in [6.07, 6.45) is 1.33. The van der Waals surface area contributed by atoms with E-state index in [9.17, 15) is 4.79 Å². The van der Waals surface area contributed by atoms with Gasteiger partial charge in [0.15, 0.2) is 17.3 Å². The number of aryl methyl sites for hydroxylation is 2. The van der Waals surface area contributed by atoms with Gasteiger partial charge < -0.3 is 10.1 Å². The number of benzene rings is 1. The highest BCUT2D eigenvalue weighted by molar-refractivity contribution is 5.95. The fraction of sp³-hybridized carbons (Fsp3) is 0.318. The quantitative estimate of drug-likeness (QED) is 0.535. The number of rotatable bonds is 5. The maximum atomic E-state index is 12.6. The Morgan fingerprint density at radius 1 is 1.10 bits per heavy atom. The van der Waals surface area contributed by atoms with E-state index in [2.05, 4.69) is 27.5 Å². The summed E-state index contributed by atoms with van der Waals surface area (Å²) < 4.78 is 9.04. The van der Waals surface area contributed by atoms with E-state index >= 15 is 0 Å². The van der Waals surface area contributed by atoms with E-state index in [0.717, 1.165) is 29.0 Å². The molecule has 158 valence electrons. The predicted octanol–water partition coefficient (Wildman–Crippen LogP) is 3.19. The largest absolute Gasteiger partial charge is 0.494 e. The number of carbonyl (C=O) groups is 1. The lowest BCUT2D eigenvalue weighted by atomic mass is 9.86. The number of nitrogens with one attached hydrogen (secondary N) is 1. The van der Waals surface area contributed by atoms with Crippen LogP contribution in [0.5, 0.6) is 5.75 Å². The van der Waals surface area contributed by atoms with Crippen molar-refractivity contribution >= 4 is 17.4 Å². The number of amides is 1. The van der Waals surface area contributed by atoms with Crippen LogP contribution in [-0.4, -0.2) is 42.1 Å². The topological polar surface area (TPSA) is 99.2 Å². The van der Waals surface area contributed by atoms with Crippen LogP contribution in [0, 0.1) is 13.8 Å². The lowest BCUT2D eigenvalue weighted by Crippen LogP contribution is -2.25. The van der Waals surface area contributed by atoms with Gasteiger partial charge in [-0.3, -0.25) is 4.79 Å². The van der Waals surface area contributed by atoms with Gasteiger partial charge in [0.1, 0.15) is 11.6 Å². The Morgan fingerprint density at radius 2 is 1.90 bits per heavy atom. The fourth-order valence-electron chi connectivity index (χ4n) is 4.01. The average molecular weight is 417 g/mol. The third kappa shape index (κ3) is 3.31. The summed E-state index contributed by atoms with van der Waals surface area (Å²) in [7, 11) is 0. The number of anilines is 1. The second-order valence-electron chi connectivity index (χ2n) is 7.69. The molecule has 0 saturated carbocycles. The van der Waals surface area contributed by atoms with Crippen LogP contribution in [0.1, 0.15) is 48.3 Å². The molecule has 9 heteroatoms. The van der Waals surface area contributed by atoms with Gasteiger partial charge in [0.25, 0.3) is 0 Å². The summed E-state index contributed by atoms with van der Waals surface area (Å²) in [5.74, 6) is 2.62. The molecule has 0 unspecified atom stereocenters. The summed E-state index contributed by atoms with van der Waals surface area (Å²) in [6.45, 7) is 6.56. The number of carbonyl (C=O) groups excluding carboxylic acids is 1. The molecule has 0 fully saturated rings. The molecule has 3 aromatic heterocycles. The minimum Gasteiger partial charge on any atom is -0.494 e. The van der Waals surface area contributed by atoms with E-state index in [1.54, 1.807) is 9.20 Å². The number of fused-ring (bicyclic) bond motifs is 2. The molecule has 1 amide bonds. The van der Waals surface area contributed by atoms with E-state index in [0.29, 0.717) is 36.1 Å². The monoisotopic (exact) mass is 417 g/mol. The Hall–Kier alpha value is -3.75. The lowest BCUT2D eigenvalue weighted by molar-refractivity contribution is -0.116. The second-order valence-corrected chi connectivity index (χ2v) is 7.69. The number of aromatic nitrogens is 6. The van der Waals surface area contributed by atoms with E-state index in [-0.39, 0.29) is 11.8 Å². The summed E-state index contributed by atoms with van der Waals surface area (Å²) in [6, 6.07) is 11.6. The van der Waals surface area contributed by atoms with Crippen LogP contribution in [0.25, 0.3) is 11.5 Å². The first-order valence-electron chi connectivity index (χ1n) is 10.4. The van der Waals surface area contributed by atoms with Crippen LogP contribution in [0.15, 0.2) is 36.4 Å². The van der Waals surface area contributed by atoms with Crippen molar-refractivity contribution in [3.05, 3.63) is 59.0 Å². The smallest absolute Gasteiger partial charge is 0.226 e. The van der Waals surface area contributed by atoms with Crippen LogP contribution >= 0.6 is 0 Å². The third-order valence-corrected chi connectivity index (χ3v) is 5.48. The first-order valence-corrected chi connectivity index (χ1v) is 10.4. The molecule has 0 bridgehead atoms. The Balaban J connectivity index is 1.57. The van der Waals surface area contributed by atoms with E-state index in [1.807, 2.05) is 50.2 Å². The molecule has 5 rings (SSSR count). The zero-order chi connectivity index (χ0) is 21.5. The maximum Gasteiger partial charge on any atom is 0.226 e. The zero-order valence-corrected chi connectivity index (χ0v) is 17.7. The van der Waals surface area contributed by atoms with Crippen molar-refractivity contribution in [3.8, 4) is 11.6 Å². The summed E-state index contributed by atoms with van der Waals surface area (Å²) in [4.78, 5) is 12.6. The molecule has 0 radical (unpaired) electrons. The van der Waals surface area contributed by atoms with Gasteiger partial charge in [-0.25, -0.2) is 0 Å². The molecule has 0 spiro atoms. The minimum atomic E-state index is -0.0851. The molecule has 31 heavy (non-hydrogen) atoms. The van der Waals surface area contributed by atoms with Crippen molar-refractivity contribution in [1.82, 2.24) is 29.6 Å². The summed E-state index contributed by atoms with van der Waals surface area (Å²) >= 11 is 0. The third-order valence-electron chi connectivity index (χ3n) is 5.48. The lowest BCUT2D eigenvalue weighted by Gasteiger charge is -2.24. The van der Waals surface area contributed by atoms with E-state index in [4.69, 9.17) is 9.84 Å². The van der Waals surface area contributed by atoms with Gasteiger partial charge in [-0.15, -0.1) is 15.3 Å². The highest BCUT2D eigenvalue weighted by Gasteiger charge is 2.33. The molecule has 0 saturated heterocycles. The maximum absolute atomic E-state index is 12.6. The predicted molar refractivity (Wildman–Crippen MR) is 115 cm³/mol.